The molecular formula is C21H21N. The van der Waals surface area contributed by atoms with Crippen molar-refractivity contribution in [3.63, 3.8) is 0 Å². The average Bonchev–Trinajstić information content (AvgIpc) is 2.59. The summed E-state index contributed by atoms with van der Waals surface area (Å²) in [6.07, 6.45) is 10.9. The van der Waals surface area contributed by atoms with E-state index in [1.807, 2.05) is 0 Å². The Bertz CT molecular complexity index is 654. The van der Waals surface area contributed by atoms with Gasteiger partial charge in [0.25, 0.3) is 0 Å². The number of allylic oxidation sites excluding steroid dienone is 6. The van der Waals surface area contributed by atoms with E-state index in [4.69, 9.17) is 0 Å². The Morgan fingerprint density at radius 3 is 1.82 bits per heavy atom. The van der Waals surface area contributed by atoms with Gasteiger partial charge in [-0.1, -0.05) is 54.6 Å². The molecular weight excluding hydrogens is 266 g/mol. The Hall–Kier alpha value is -2.54. The SMILES string of the molecule is C/C=C/C1=CC=C(N(c2ccccc2)c2ccccc2)CC1. The molecule has 0 bridgehead atoms. The summed E-state index contributed by atoms with van der Waals surface area (Å²) < 4.78 is 0. The number of benzene rings is 2. The highest BCUT2D eigenvalue weighted by Gasteiger charge is 2.16. The van der Waals surface area contributed by atoms with E-state index in [1.54, 1.807) is 0 Å². The highest BCUT2D eigenvalue weighted by Crippen LogP contribution is 2.33. The molecule has 0 fully saturated rings. The predicted octanol–water partition coefficient (Wildman–Crippen LogP) is 6.00. The van der Waals surface area contributed by atoms with Crippen LogP contribution in [-0.4, -0.2) is 0 Å². The lowest BCUT2D eigenvalue weighted by Crippen LogP contribution is -2.17. The van der Waals surface area contributed by atoms with Crippen LogP contribution in [0.25, 0.3) is 0 Å². The lowest BCUT2D eigenvalue weighted by molar-refractivity contribution is 0.891. The molecule has 0 heterocycles. The second-order valence-electron chi connectivity index (χ2n) is 5.41. The molecule has 0 aliphatic heterocycles. The van der Waals surface area contributed by atoms with Crippen LogP contribution in [0.2, 0.25) is 0 Å². The Kier molecular flexibility index (Phi) is 4.55. The molecule has 22 heavy (non-hydrogen) atoms. The minimum atomic E-state index is 1.06. The Labute approximate surface area is 132 Å². The average molecular weight is 287 g/mol. The molecule has 0 radical (unpaired) electrons. The van der Waals surface area contributed by atoms with Gasteiger partial charge in [-0.15, -0.1) is 0 Å². The molecule has 0 spiro atoms. The summed E-state index contributed by atoms with van der Waals surface area (Å²) in [5.74, 6) is 0. The van der Waals surface area contributed by atoms with E-state index in [0.717, 1.165) is 12.8 Å². The van der Waals surface area contributed by atoms with Gasteiger partial charge in [0.05, 0.1) is 0 Å². The fraction of sp³-hybridized carbons (Fsp3) is 0.143. The quantitative estimate of drug-likeness (QED) is 0.666. The second kappa shape index (κ2) is 6.95. The van der Waals surface area contributed by atoms with Crippen LogP contribution in [0.1, 0.15) is 19.8 Å². The maximum absolute atomic E-state index is 2.35. The van der Waals surface area contributed by atoms with Gasteiger partial charge in [0.1, 0.15) is 0 Å². The number of nitrogens with zero attached hydrogens (tertiary/aromatic N) is 1. The van der Waals surface area contributed by atoms with Gasteiger partial charge in [0, 0.05) is 17.1 Å². The maximum Gasteiger partial charge on any atom is 0.0458 e. The lowest BCUT2D eigenvalue weighted by atomic mass is 10.0. The maximum atomic E-state index is 2.35. The van der Waals surface area contributed by atoms with Gasteiger partial charge in [0.2, 0.25) is 0 Å². The molecule has 1 aliphatic carbocycles. The molecule has 1 aliphatic rings. The van der Waals surface area contributed by atoms with Crippen LogP contribution in [-0.2, 0) is 0 Å². The van der Waals surface area contributed by atoms with E-state index in [0.29, 0.717) is 0 Å². The van der Waals surface area contributed by atoms with Crippen molar-refractivity contribution in [2.45, 2.75) is 19.8 Å². The van der Waals surface area contributed by atoms with E-state index >= 15 is 0 Å². The predicted molar refractivity (Wildman–Crippen MR) is 95.2 cm³/mol. The molecule has 0 unspecified atom stereocenters. The molecule has 1 heteroatoms. The number of rotatable bonds is 4. The number of hydrogen-bond donors (Lipinski definition) is 0. The summed E-state index contributed by atoms with van der Waals surface area (Å²) in [7, 11) is 0. The summed E-state index contributed by atoms with van der Waals surface area (Å²) >= 11 is 0. The molecule has 1 nitrogen and oxygen atoms in total. The minimum Gasteiger partial charge on any atom is -0.314 e. The third-order valence-corrected chi connectivity index (χ3v) is 3.86. The topological polar surface area (TPSA) is 3.24 Å². The van der Waals surface area contributed by atoms with Crippen LogP contribution >= 0.6 is 0 Å². The van der Waals surface area contributed by atoms with Crippen molar-refractivity contribution in [1.82, 2.24) is 0 Å². The van der Waals surface area contributed by atoms with Crippen LogP contribution in [0.5, 0.6) is 0 Å². The molecule has 0 amide bonds. The molecule has 0 saturated heterocycles. The first kappa shape index (κ1) is 14.4. The molecule has 0 N–H and O–H groups in total. The van der Waals surface area contributed by atoms with Gasteiger partial charge in [-0.2, -0.15) is 0 Å². The first-order valence-corrected chi connectivity index (χ1v) is 7.81. The fourth-order valence-corrected chi connectivity index (χ4v) is 2.82. The van der Waals surface area contributed by atoms with Crippen molar-refractivity contribution in [2.24, 2.45) is 0 Å². The Balaban J connectivity index is 2.00. The van der Waals surface area contributed by atoms with Crippen LogP contribution in [0.3, 0.4) is 0 Å². The normalized spacial score (nSPS) is 14.6. The molecule has 0 atom stereocenters. The van der Waals surface area contributed by atoms with Gasteiger partial charge in [-0.3, -0.25) is 0 Å². The van der Waals surface area contributed by atoms with Gasteiger partial charge in [0.15, 0.2) is 0 Å². The first-order valence-electron chi connectivity index (χ1n) is 7.81. The summed E-state index contributed by atoms with van der Waals surface area (Å²) in [5, 5.41) is 0. The number of anilines is 2. The van der Waals surface area contributed by atoms with Gasteiger partial charge >= 0.3 is 0 Å². The zero-order valence-electron chi connectivity index (χ0n) is 12.9. The highest BCUT2D eigenvalue weighted by atomic mass is 15.1. The van der Waals surface area contributed by atoms with Crippen molar-refractivity contribution in [1.29, 1.82) is 0 Å². The van der Waals surface area contributed by atoms with E-state index in [9.17, 15) is 0 Å². The summed E-state index contributed by atoms with van der Waals surface area (Å²) in [5.41, 5.74) is 5.16. The van der Waals surface area contributed by atoms with Crippen LogP contribution in [0.15, 0.2) is 96.2 Å². The highest BCUT2D eigenvalue weighted by molar-refractivity contribution is 5.68. The molecule has 2 aromatic carbocycles. The summed E-state index contributed by atoms with van der Waals surface area (Å²) in [4.78, 5) is 2.35. The van der Waals surface area contributed by atoms with Crippen molar-refractivity contribution < 1.29 is 0 Å². The van der Waals surface area contributed by atoms with E-state index in [1.165, 1.54) is 22.6 Å². The minimum absolute atomic E-state index is 1.06. The zero-order valence-corrected chi connectivity index (χ0v) is 12.9. The zero-order chi connectivity index (χ0) is 15.2. The summed E-state index contributed by atoms with van der Waals surface area (Å²) in [6, 6.07) is 21.2. The molecule has 110 valence electrons. The monoisotopic (exact) mass is 287 g/mol. The van der Waals surface area contributed by atoms with Gasteiger partial charge in [-0.25, -0.2) is 0 Å². The molecule has 2 aromatic rings. The van der Waals surface area contributed by atoms with E-state index in [2.05, 4.69) is 96.8 Å². The number of hydrogen-bond acceptors (Lipinski definition) is 1. The number of para-hydroxylation sites is 2. The van der Waals surface area contributed by atoms with Gasteiger partial charge in [-0.05, 0) is 55.7 Å². The Morgan fingerprint density at radius 2 is 1.36 bits per heavy atom. The third kappa shape index (κ3) is 3.20. The molecule has 3 rings (SSSR count). The van der Waals surface area contributed by atoms with Crippen LogP contribution in [0.4, 0.5) is 11.4 Å². The van der Waals surface area contributed by atoms with Gasteiger partial charge < -0.3 is 4.90 Å². The van der Waals surface area contributed by atoms with E-state index in [-0.39, 0.29) is 0 Å². The standard InChI is InChI=1S/C21H21N/c1-2-9-18-14-16-21(17-15-18)22(19-10-5-3-6-11-19)20-12-7-4-8-13-20/h2-14,16H,15,17H2,1H3/b9-2+. The first-order chi connectivity index (χ1) is 10.9. The van der Waals surface area contributed by atoms with Crippen molar-refractivity contribution in [3.05, 3.63) is 96.2 Å². The van der Waals surface area contributed by atoms with Crippen LogP contribution in [0, 0.1) is 0 Å². The largest absolute Gasteiger partial charge is 0.314 e. The third-order valence-electron chi connectivity index (χ3n) is 3.86. The smallest absolute Gasteiger partial charge is 0.0458 e. The fourth-order valence-electron chi connectivity index (χ4n) is 2.82. The second-order valence-corrected chi connectivity index (χ2v) is 5.41. The Morgan fingerprint density at radius 1 is 0.773 bits per heavy atom. The lowest BCUT2D eigenvalue weighted by Gasteiger charge is -2.29. The van der Waals surface area contributed by atoms with Crippen molar-refractivity contribution in [3.8, 4) is 0 Å². The molecule has 0 saturated carbocycles. The van der Waals surface area contributed by atoms with Crippen LogP contribution < -0.4 is 4.90 Å². The van der Waals surface area contributed by atoms with E-state index < -0.39 is 0 Å². The molecule has 0 aromatic heterocycles. The van der Waals surface area contributed by atoms with Crippen molar-refractivity contribution >= 4 is 11.4 Å². The summed E-state index contributed by atoms with van der Waals surface area (Å²) in [6.45, 7) is 2.07. The van der Waals surface area contributed by atoms with Crippen molar-refractivity contribution in [2.75, 3.05) is 4.90 Å².